The summed E-state index contributed by atoms with van der Waals surface area (Å²) in [4.78, 5) is 1.74. The minimum Gasteiger partial charge on any atom is -0.309 e. The zero-order valence-electron chi connectivity index (χ0n) is 8.82. The van der Waals surface area contributed by atoms with E-state index in [0.29, 0.717) is 19.6 Å². The Morgan fingerprint density at radius 1 is 1.50 bits per heavy atom. The van der Waals surface area contributed by atoms with Crippen LogP contribution < -0.4 is 10.6 Å². The van der Waals surface area contributed by atoms with Crippen LogP contribution in [-0.2, 0) is 0 Å². The van der Waals surface area contributed by atoms with E-state index in [1.54, 1.807) is 11.9 Å². The molecular formula is C9H19F2N3. The summed E-state index contributed by atoms with van der Waals surface area (Å²) in [5, 5.41) is 5.73. The number of nitrogens with zero attached hydrogens (tertiary/aromatic N) is 1. The van der Waals surface area contributed by atoms with E-state index in [1.165, 1.54) is 0 Å². The van der Waals surface area contributed by atoms with Crippen LogP contribution in [0.25, 0.3) is 0 Å². The minimum absolute atomic E-state index is 0.147. The van der Waals surface area contributed by atoms with Gasteiger partial charge >= 0.3 is 0 Å². The van der Waals surface area contributed by atoms with Crippen molar-refractivity contribution >= 4 is 0 Å². The third-order valence-corrected chi connectivity index (χ3v) is 2.51. The van der Waals surface area contributed by atoms with Gasteiger partial charge in [-0.2, -0.15) is 0 Å². The number of hydrogen-bond acceptors (Lipinski definition) is 3. The van der Waals surface area contributed by atoms with Gasteiger partial charge in [0.15, 0.2) is 0 Å². The standard InChI is InChI=1S/C9H19F2N3/c1-3-13-8-4-5-14(7-12-2)6-9(8,10)11/h8,12-13H,3-7H2,1-2H3. The third-order valence-electron chi connectivity index (χ3n) is 2.51. The fraction of sp³-hybridized carbons (Fsp3) is 1.00. The smallest absolute Gasteiger partial charge is 0.275 e. The maximum atomic E-state index is 13.5. The first-order valence-corrected chi connectivity index (χ1v) is 5.08. The van der Waals surface area contributed by atoms with Crippen molar-refractivity contribution in [3.63, 3.8) is 0 Å². The molecule has 5 heteroatoms. The van der Waals surface area contributed by atoms with E-state index in [4.69, 9.17) is 0 Å². The first kappa shape index (κ1) is 11.8. The summed E-state index contributed by atoms with van der Waals surface area (Å²) in [5.41, 5.74) is 0. The second-order valence-corrected chi connectivity index (χ2v) is 3.72. The molecule has 1 fully saturated rings. The van der Waals surface area contributed by atoms with Crippen LogP contribution in [0.1, 0.15) is 13.3 Å². The molecule has 14 heavy (non-hydrogen) atoms. The monoisotopic (exact) mass is 207 g/mol. The molecule has 1 unspecified atom stereocenters. The molecule has 1 atom stereocenters. The highest BCUT2D eigenvalue weighted by molar-refractivity contribution is 4.90. The van der Waals surface area contributed by atoms with Crippen LogP contribution in [-0.4, -0.2) is 50.2 Å². The Morgan fingerprint density at radius 2 is 2.21 bits per heavy atom. The zero-order valence-corrected chi connectivity index (χ0v) is 8.82. The van der Waals surface area contributed by atoms with Gasteiger partial charge in [0.2, 0.25) is 0 Å². The highest BCUT2D eigenvalue weighted by Crippen LogP contribution is 2.26. The Kier molecular flexibility index (Phi) is 4.22. The summed E-state index contributed by atoms with van der Waals surface area (Å²) in [6.07, 6.45) is 0.516. The first-order valence-electron chi connectivity index (χ1n) is 5.08. The van der Waals surface area contributed by atoms with Crippen molar-refractivity contribution in [1.29, 1.82) is 0 Å². The lowest BCUT2D eigenvalue weighted by molar-refractivity contribution is -0.0907. The molecule has 0 spiro atoms. The predicted molar refractivity (Wildman–Crippen MR) is 52.5 cm³/mol. The van der Waals surface area contributed by atoms with E-state index in [2.05, 4.69) is 10.6 Å². The molecule has 0 radical (unpaired) electrons. The third kappa shape index (κ3) is 2.87. The Balaban J connectivity index is 2.47. The fourth-order valence-corrected chi connectivity index (χ4v) is 1.87. The second kappa shape index (κ2) is 5.00. The van der Waals surface area contributed by atoms with Gasteiger partial charge in [-0.05, 0) is 20.0 Å². The van der Waals surface area contributed by atoms with Crippen molar-refractivity contribution in [2.24, 2.45) is 0 Å². The van der Waals surface area contributed by atoms with Crippen LogP contribution in [0.5, 0.6) is 0 Å². The molecule has 0 amide bonds. The van der Waals surface area contributed by atoms with Gasteiger partial charge in [0, 0.05) is 13.2 Å². The predicted octanol–water partition coefficient (Wildman–Crippen LogP) is 0.482. The number of nitrogens with one attached hydrogen (secondary N) is 2. The molecule has 0 aromatic carbocycles. The summed E-state index contributed by atoms with van der Waals surface area (Å²) in [7, 11) is 1.77. The maximum Gasteiger partial charge on any atom is 0.275 e. The molecule has 0 saturated carbocycles. The lowest BCUT2D eigenvalue weighted by Gasteiger charge is -2.38. The molecule has 1 aliphatic rings. The van der Waals surface area contributed by atoms with Gasteiger partial charge in [-0.1, -0.05) is 6.92 Å². The van der Waals surface area contributed by atoms with Crippen LogP contribution in [0, 0.1) is 0 Å². The molecule has 0 bridgehead atoms. The van der Waals surface area contributed by atoms with Crippen LogP contribution in [0.2, 0.25) is 0 Å². The molecule has 1 rings (SSSR count). The maximum absolute atomic E-state index is 13.5. The molecule has 84 valence electrons. The molecule has 1 aliphatic heterocycles. The number of likely N-dealkylation sites (tertiary alicyclic amines) is 1. The van der Waals surface area contributed by atoms with Crippen LogP contribution in [0.3, 0.4) is 0 Å². The van der Waals surface area contributed by atoms with Gasteiger partial charge in [0.1, 0.15) is 0 Å². The van der Waals surface area contributed by atoms with Gasteiger partial charge in [0.25, 0.3) is 5.92 Å². The normalized spacial score (nSPS) is 27.9. The van der Waals surface area contributed by atoms with Crippen molar-refractivity contribution in [3.8, 4) is 0 Å². The van der Waals surface area contributed by atoms with E-state index >= 15 is 0 Å². The average Bonchev–Trinajstić information content (AvgIpc) is 2.10. The van der Waals surface area contributed by atoms with Crippen molar-refractivity contribution in [3.05, 3.63) is 0 Å². The van der Waals surface area contributed by atoms with Crippen molar-refractivity contribution in [2.75, 3.05) is 33.4 Å². The SMILES string of the molecule is CCNC1CCN(CNC)CC1(F)F. The zero-order chi connectivity index (χ0) is 10.6. The number of piperidine rings is 1. The Hall–Kier alpha value is -0.260. The summed E-state index contributed by atoms with van der Waals surface area (Å²) in [6, 6.07) is -0.652. The fourth-order valence-electron chi connectivity index (χ4n) is 1.87. The van der Waals surface area contributed by atoms with E-state index in [1.807, 2.05) is 6.92 Å². The van der Waals surface area contributed by atoms with Gasteiger partial charge < -0.3 is 10.6 Å². The Morgan fingerprint density at radius 3 is 2.71 bits per heavy atom. The lowest BCUT2D eigenvalue weighted by atomic mass is 10.0. The van der Waals surface area contributed by atoms with Gasteiger partial charge in [-0.15, -0.1) is 0 Å². The van der Waals surface area contributed by atoms with E-state index in [0.717, 1.165) is 6.54 Å². The molecule has 3 nitrogen and oxygen atoms in total. The number of halogens is 2. The lowest BCUT2D eigenvalue weighted by Crippen LogP contribution is -2.58. The van der Waals surface area contributed by atoms with Gasteiger partial charge in [0.05, 0.1) is 12.6 Å². The van der Waals surface area contributed by atoms with Gasteiger partial charge in [-0.3, -0.25) is 4.90 Å². The quantitative estimate of drug-likeness (QED) is 0.702. The molecule has 1 saturated heterocycles. The number of alkyl halides is 2. The molecule has 2 N–H and O–H groups in total. The topological polar surface area (TPSA) is 27.3 Å². The minimum atomic E-state index is -2.61. The number of rotatable bonds is 4. The molecule has 0 aromatic rings. The second-order valence-electron chi connectivity index (χ2n) is 3.72. The van der Waals surface area contributed by atoms with E-state index in [9.17, 15) is 8.78 Å². The number of hydrogen-bond donors (Lipinski definition) is 2. The molecular weight excluding hydrogens is 188 g/mol. The van der Waals surface area contributed by atoms with Crippen LogP contribution in [0.15, 0.2) is 0 Å². The first-order chi connectivity index (χ1) is 6.60. The molecule has 0 aliphatic carbocycles. The van der Waals surface area contributed by atoms with E-state index < -0.39 is 12.0 Å². The summed E-state index contributed by atoms with van der Waals surface area (Å²) in [6.45, 7) is 3.58. The summed E-state index contributed by atoms with van der Waals surface area (Å²) in [5.74, 6) is -2.61. The molecule has 0 aromatic heterocycles. The Bertz CT molecular complexity index is 175. The highest BCUT2D eigenvalue weighted by Gasteiger charge is 2.43. The molecule has 1 heterocycles. The highest BCUT2D eigenvalue weighted by atomic mass is 19.3. The van der Waals surface area contributed by atoms with Crippen molar-refractivity contribution < 1.29 is 8.78 Å². The summed E-state index contributed by atoms with van der Waals surface area (Å²) >= 11 is 0. The van der Waals surface area contributed by atoms with Crippen LogP contribution in [0.4, 0.5) is 8.78 Å². The average molecular weight is 207 g/mol. The largest absolute Gasteiger partial charge is 0.309 e. The summed E-state index contributed by atoms with van der Waals surface area (Å²) < 4.78 is 27.0. The van der Waals surface area contributed by atoms with E-state index in [-0.39, 0.29) is 6.54 Å². The van der Waals surface area contributed by atoms with Crippen LogP contribution >= 0.6 is 0 Å². The van der Waals surface area contributed by atoms with Crippen molar-refractivity contribution in [1.82, 2.24) is 15.5 Å². The Labute approximate surface area is 83.8 Å². The van der Waals surface area contributed by atoms with Gasteiger partial charge in [-0.25, -0.2) is 8.78 Å². The van der Waals surface area contributed by atoms with Crippen molar-refractivity contribution in [2.45, 2.75) is 25.3 Å².